The van der Waals surface area contributed by atoms with E-state index >= 15 is 0 Å². The van der Waals surface area contributed by atoms with Gasteiger partial charge in [0.15, 0.2) is 0 Å². The van der Waals surface area contributed by atoms with Crippen molar-refractivity contribution in [3.63, 3.8) is 0 Å². The molecule has 0 radical (unpaired) electrons. The van der Waals surface area contributed by atoms with Crippen LogP contribution >= 0.6 is 11.6 Å². The number of nitrogens with one attached hydrogen (secondary N) is 1. The van der Waals surface area contributed by atoms with Crippen molar-refractivity contribution in [3.8, 4) is 0 Å². The van der Waals surface area contributed by atoms with Crippen molar-refractivity contribution >= 4 is 17.3 Å². The Morgan fingerprint density at radius 3 is 2.88 bits per heavy atom. The summed E-state index contributed by atoms with van der Waals surface area (Å²) in [6.45, 7) is 9.60. The Morgan fingerprint density at radius 2 is 2.31 bits per heavy atom. The van der Waals surface area contributed by atoms with Crippen LogP contribution in [0.1, 0.15) is 39.0 Å². The molecule has 16 heavy (non-hydrogen) atoms. The summed E-state index contributed by atoms with van der Waals surface area (Å²) < 4.78 is 0. The maximum atomic E-state index is 5.97. The summed E-state index contributed by atoms with van der Waals surface area (Å²) in [7, 11) is 0. The lowest BCUT2D eigenvalue weighted by atomic mass is 9.93. The molecule has 0 aromatic heterocycles. The first-order valence-corrected chi connectivity index (χ1v) is 6.36. The summed E-state index contributed by atoms with van der Waals surface area (Å²) >= 11 is 5.97. The van der Waals surface area contributed by atoms with Crippen molar-refractivity contribution in [2.75, 3.05) is 0 Å². The fourth-order valence-electron chi connectivity index (χ4n) is 2.26. The molecular formula is C13H21ClN2. The molecule has 0 aliphatic carbocycles. The lowest BCUT2D eigenvalue weighted by Gasteiger charge is -2.31. The molecule has 0 aromatic rings. The van der Waals surface area contributed by atoms with Crippen LogP contribution < -0.4 is 5.32 Å². The first-order valence-electron chi connectivity index (χ1n) is 5.98. The van der Waals surface area contributed by atoms with E-state index in [2.05, 4.69) is 30.4 Å². The average Bonchev–Trinajstić information content (AvgIpc) is 2.26. The number of hydrogen-bond acceptors (Lipinski definition) is 2. The molecule has 1 saturated heterocycles. The molecule has 0 aromatic carbocycles. The molecule has 2 nitrogen and oxygen atoms in total. The number of nitrogens with zero attached hydrogens (tertiary/aromatic N) is 1. The van der Waals surface area contributed by atoms with E-state index in [-0.39, 0.29) is 6.04 Å². The van der Waals surface area contributed by atoms with Crippen LogP contribution in [-0.4, -0.2) is 17.8 Å². The Hall–Kier alpha value is -0.600. The average molecular weight is 241 g/mol. The van der Waals surface area contributed by atoms with Gasteiger partial charge in [0.05, 0.1) is 16.8 Å². The highest BCUT2D eigenvalue weighted by atomic mass is 35.5. The number of halogens is 1. The highest BCUT2D eigenvalue weighted by Gasteiger charge is 2.24. The molecule has 90 valence electrons. The Labute approximate surface area is 103 Å². The van der Waals surface area contributed by atoms with Crippen LogP contribution in [0.4, 0.5) is 0 Å². The van der Waals surface area contributed by atoms with Gasteiger partial charge < -0.3 is 5.32 Å². The second kappa shape index (κ2) is 6.87. The maximum absolute atomic E-state index is 5.97. The van der Waals surface area contributed by atoms with Crippen molar-refractivity contribution in [3.05, 3.63) is 24.4 Å². The van der Waals surface area contributed by atoms with Crippen LogP contribution in [0.25, 0.3) is 0 Å². The quantitative estimate of drug-likeness (QED) is 0.730. The standard InChI is InChI=1S/C13H21ClN2/c1-4-7-11-8-6-9-12(16-11)13(10(3)14)15-5-2/h5,11-12,16H,2-4,6-9H2,1H3. The molecule has 2 atom stereocenters. The van der Waals surface area contributed by atoms with Gasteiger partial charge in [-0.15, -0.1) is 0 Å². The molecule has 1 fully saturated rings. The zero-order chi connectivity index (χ0) is 12.0. The Bertz CT molecular complexity index is 282. The van der Waals surface area contributed by atoms with Gasteiger partial charge in [-0.05, 0) is 25.7 Å². The predicted octanol–water partition coefficient (Wildman–Crippen LogP) is 3.63. The smallest absolute Gasteiger partial charge is 0.0752 e. The third-order valence-electron chi connectivity index (χ3n) is 2.96. The van der Waals surface area contributed by atoms with Gasteiger partial charge in [-0.25, -0.2) is 0 Å². The van der Waals surface area contributed by atoms with Crippen molar-refractivity contribution in [1.82, 2.24) is 5.32 Å². The molecule has 1 aliphatic rings. The first-order chi connectivity index (χ1) is 7.69. The Balaban J connectivity index is 2.67. The van der Waals surface area contributed by atoms with Crippen LogP contribution in [0.5, 0.6) is 0 Å². The van der Waals surface area contributed by atoms with Gasteiger partial charge in [0.25, 0.3) is 0 Å². The van der Waals surface area contributed by atoms with Gasteiger partial charge in [-0.3, -0.25) is 4.99 Å². The lowest BCUT2D eigenvalue weighted by molar-refractivity contribution is 0.350. The van der Waals surface area contributed by atoms with E-state index in [1.807, 2.05) is 0 Å². The molecule has 0 saturated carbocycles. The Morgan fingerprint density at radius 1 is 1.56 bits per heavy atom. The summed E-state index contributed by atoms with van der Waals surface area (Å²) in [5.41, 5.74) is 0.845. The molecule has 1 heterocycles. The van der Waals surface area contributed by atoms with Gasteiger partial charge >= 0.3 is 0 Å². The fourth-order valence-corrected chi connectivity index (χ4v) is 2.44. The third kappa shape index (κ3) is 3.76. The van der Waals surface area contributed by atoms with Crippen molar-refractivity contribution in [2.24, 2.45) is 4.99 Å². The van der Waals surface area contributed by atoms with Gasteiger partial charge in [0.2, 0.25) is 0 Å². The molecular weight excluding hydrogens is 220 g/mol. The second-order valence-corrected chi connectivity index (χ2v) is 4.69. The van der Waals surface area contributed by atoms with E-state index in [0.717, 1.165) is 12.1 Å². The maximum Gasteiger partial charge on any atom is 0.0752 e. The van der Waals surface area contributed by atoms with E-state index in [0.29, 0.717) is 11.1 Å². The van der Waals surface area contributed by atoms with Crippen LogP contribution in [0.3, 0.4) is 0 Å². The van der Waals surface area contributed by atoms with Crippen LogP contribution in [0.15, 0.2) is 29.4 Å². The van der Waals surface area contributed by atoms with Gasteiger partial charge in [0.1, 0.15) is 0 Å². The van der Waals surface area contributed by atoms with Crippen LogP contribution in [-0.2, 0) is 0 Å². The molecule has 2 unspecified atom stereocenters. The highest BCUT2D eigenvalue weighted by molar-refractivity contribution is 6.44. The predicted molar refractivity (Wildman–Crippen MR) is 72.1 cm³/mol. The zero-order valence-corrected chi connectivity index (χ0v) is 10.8. The monoisotopic (exact) mass is 240 g/mol. The lowest BCUT2D eigenvalue weighted by Crippen LogP contribution is -2.46. The molecule has 0 bridgehead atoms. The largest absolute Gasteiger partial charge is 0.306 e. The second-order valence-electron chi connectivity index (χ2n) is 4.24. The molecule has 1 aliphatic heterocycles. The fraction of sp³-hybridized carbons (Fsp3) is 0.615. The van der Waals surface area contributed by atoms with E-state index in [1.165, 1.54) is 31.9 Å². The Kier molecular flexibility index (Phi) is 5.78. The summed E-state index contributed by atoms with van der Waals surface area (Å²) in [6.07, 6.45) is 7.52. The summed E-state index contributed by atoms with van der Waals surface area (Å²) in [6, 6.07) is 0.836. The molecule has 0 amide bonds. The van der Waals surface area contributed by atoms with E-state index in [9.17, 15) is 0 Å². The van der Waals surface area contributed by atoms with Crippen molar-refractivity contribution < 1.29 is 0 Å². The first kappa shape index (κ1) is 13.5. The van der Waals surface area contributed by atoms with Gasteiger partial charge in [-0.1, -0.05) is 38.1 Å². The van der Waals surface area contributed by atoms with Crippen LogP contribution in [0, 0.1) is 0 Å². The summed E-state index contributed by atoms with van der Waals surface area (Å²) in [5.74, 6) is 0. The SMILES string of the molecule is C=CN=C(C(=C)Cl)C1CCCC(CCC)N1. The van der Waals surface area contributed by atoms with Crippen molar-refractivity contribution in [1.29, 1.82) is 0 Å². The molecule has 1 N–H and O–H groups in total. The van der Waals surface area contributed by atoms with E-state index in [1.54, 1.807) is 0 Å². The minimum atomic E-state index is 0.244. The number of aliphatic imine (C=N–C) groups is 1. The van der Waals surface area contributed by atoms with E-state index < -0.39 is 0 Å². The number of hydrogen-bond donors (Lipinski definition) is 1. The highest BCUT2D eigenvalue weighted by Crippen LogP contribution is 2.20. The van der Waals surface area contributed by atoms with E-state index in [4.69, 9.17) is 11.6 Å². The molecule has 1 rings (SSSR count). The zero-order valence-electron chi connectivity index (χ0n) is 10.0. The summed E-state index contributed by atoms with van der Waals surface area (Å²) in [5, 5.41) is 4.12. The number of rotatable bonds is 5. The molecule has 0 spiro atoms. The topological polar surface area (TPSA) is 24.4 Å². The minimum absolute atomic E-state index is 0.244. The van der Waals surface area contributed by atoms with Gasteiger partial charge in [0, 0.05) is 12.2 Å². The normalized spacial score (nSPS) is 26.5. The van der Waals surface area contributed by atoms with Gasteiger partial charge in [-0.2, -0.15) is 0 Å². The van der Waals surface area contributed by atoms with Crippen molar-refractivity contribution in [2.45, 2.75) is 51.1 Å². The summed E-state index contributed by atoms with van der Waals surface area (Å²) in [4.78, 5) is 4.23. The number of piperidine rings is 1. The van der Waals surface area contributed by atoms with Crippen LogP contribution in [0.2, 0.25) is 0 Å². The minimum Gasteiger partial charge on any atom is -0.306 e. The molecule has 3 heteroatoms. The third-order valence-corrected chi connectivity index (χ3v) is 3.15.